The van der Waals surface area contributed by atoms with Crippen LogP contribution in [0, 0.1) is 17.2 Å². The lowest BCUT2D eigenvalue weighted by atomic mass is 9.98. The minimum atomic E-state index is -3.70. The van der Waals surface area contributed by atoms with Gasteiger partial charge in [0.15, 0.2) is 0 Å². The van der Waals surface area contributed by atoms with E-state index in [0.717, 1.165) is 0 Å². The van der Waals surface area contributed by atoms with E-state index in [2.05, 4.69) is 5.32 Å². The molecule has 1 heterocycles. The Morgan fingerprint density at radius 1 is 1.18 bits per heavy atom. The highest BCUT2D eigenvalue weighted by Gasteiger charge is 2.33. The van der Waals surface area contributed by atoms with Crippen LogP contribution in [-0.4, -0.2) is 31.7 Å². The number of sulfonamides is 1. The molecule has 0 bridgehead atoms. The van der Waals surface area contributed by atoms with Gasteiger partial charge in [0.25, 0.3) is 0 Å². The average Bonchev–Trinajstić information content (AvgIpc) is 2.68. The topological polar surface area (TPSA) is 90.3 Å². The Hall–Kier alpha value is -2.11. The zero-order valence-electron chi connectivity index (χ0n) is 14.7. The summed E-state index contributed by atoms with van der Waals surface area (Å²) < 4.78 is 27.0. The van der Waals surface area contributed by atoms with Gasteiger partial charge >= 0.3 is 0 Å². The largest absolute Gasteiger partial charge is 0.326 e. The first-order valence-corrected chi connectivity index (χ1v) is 10.8. The lowest BCUT2D eigenvalue weighted by Gasteiger charge is -2.31. The lowest BCUT2D eigenvalue weighted by Crippen LogP contribution is -2.43. The number of carbonyl (C=O) groups excluding carboxylic acids is 1. The summed E-state index contributed by atoms with van der Waals surface area (Å²) in [6, 6.07) is 12.5. The van der Waals surface area contributed by atoms with E-state index in [0.29, 0.717) is 35.7 Å². The maximum absolute atomic E-state index is 12.8. The molecule has 1 aliphatic heterocycles. The molecule has 1 aliphatic rings. The fourth-order valence-electron chi connectivity index (χ4n) is 3.06. The number of amides is 1. The van der Waals surface area contributed by atoms with E-state index < -0.39 is 15.9 Å². The summed E-state index contributed by atoms with van der Waals surface area (Å²) in [4.78, 5) is 12.8. The molecule has 28 heavy (non-hydrogen) atoms. The molecule has 1 atom stereocenters. The fraction of sp³-hybridized carbons (Fsp3) is 0.263. The monoisotopic (exact) mass is 437 g/mol. The first-order chi connectivity index (χ1) is 13.3. The zero-order valence-corrected chi connectivity index (χ0v) is 17.1. The van der Waals surface area contributed by atoms with Crippen molar-refractivity contribution >= 4 is 44.8 Å². The van der Waals surface area contributed by atoms with Gasteiger partial charge in [-0.3, -0.25) is 4.79 Å². The van der Waals surface area contributed by atoms with Crippen molar-refractivity contribution in [2.24, 2.45) is 5.92 Å². The van der Waals surface area contributed by atoms with E-state index in [4.69, 9.17) is 28.5 Å². The summed E-state index contributed by atoms with van der Waals surface area (Å²) in [7, 11) is -3.70. The normalized spacial score (nSPS) is 17.7. The van der Waals surface area contributed by atoms with Crippen LogP contribution in [0.4, 0.5) is 5.69 Å². The standard InChI is InChI=1S/C19H17Cl2N3O3S/c20-15-4-7-17(8-5-15)28(26,27)24-9-1-2-14(12-24)19(25)23-16-6-3-13(11-22)18(21)10-16/h3-8,10,14H,1-2,9,12H2,(H,23,25). The molecule has 0 aliphatic carbocycles. The summed E-state index contributed by atoms with van der Waals surface area (Å²) in [6.45, 7) is 0.457. The molecule has 1 saturated heterocycles. The number of carbonyl (C=O) groups is 1. The number of anilines is 1. The number of rotatable bonds is 4. The van der Waals surface area contributed by atoms with E-state index in [1.807, 2.05) is 6.07 Å². The fourth-order valence-corrected chi connectivity index (χ4v) is 4.93. The molecular formula is C19H17Cl2N3O3S. The van der Waals surface area contributed by atoms with Gasteiger partial charge in [-0.2, -0.15) is 9.57 Å². The second-order valence-corrected chi connectivity index (χ2v) is 9.23. The van der Waals surface area contributed by atoms with Crippen LogP contribution in [0.5, 0.6) is 0 Å². The molecule has 0 spiro atoms. The predicted molar refractivity (Wildman–Crippen MR) is 108 cm³/mol. The van der Waals surface area contributed by atoms with Crippen molar-refractivity contribution in [3.63, 3.8) is 0 Å². The molecule has 3 rings (SSSR count). The number of piperidine rings is 1. The summed E-state index contributed by atoms with van der Waals surface area (Å²) in [5.41, 5.74) is 0.782. The highest BCUT2D eigenvalue weighted by atomic mass is 35.5. The molecule has 2 aromatic rings. The first-order valence-electron chi connectivity index (χ1n) is 8.57. The van der Waals surface area contributed by atoms with Gasteiger partial charge in [0.2, 0.25) is 15.9 Å². The first kappa shape index (κ1) is 20.6. The van der Waals surface area contributed by atoms with Gasteiger partial charge in [-0.15, -0.1) is 0 Å². The average molecular weight is 438 g/mol. The lowest BCUT2D eigenvalue weighted by molar-refractivity contribution is -0.120. The van der Waals surface area contributed by atoms with Crippen LogP contribution >= 0.6 is 23.2 Å². The zero-order chi connectivity index (χ0) is 20.3. The number of nitrogens with zero attached hydrogens (tertiary/aromatic N) is 2. The Bertz CT molecular complexity index is 1030. The Morgan fingerprint density at radius 2 is 1.89 bits per heavy atom. The second kappa shape index (κ2) is 8.50. The number of halogens is 2. The van der Waals surface area contributed by atoms with Crippen molar-refractivity contribution in [1.29, 1.82) is 5.26 Å². The molecule has 2 aromatic carbocycles. The van der Waals surface area contributed by atoms with Crippen molar-refractivity contribution in [1.82, 2.24) is 4.31 Å². The van der Waals surface area contributed by atoms with E-state index in [1.165, 1.54) is 40.7 Å². The van der Waals surface area contributed by atoms with Crippen LogP contribution in [0.25, 0.3) is 0 Å². The van der Waals surface area contributed by atoms with Gasteiger partial charge in [0, 0.05) is 23.8 Å². The van der Waals surface area contributed by atoms with Crippen LogP contribution in [-0.2, 0) is 14.8 Å². The third-order valence-electron chi connectivity index (χ3n) is 4.56. The molecule has 1 N–H and O–H groups in total. The summed E-state index contributed by atoms with van der Waals surface area (Å²) in [6.07, 6.45) is 1.17. The number of nitriles is 1. The summed E-state index contributed by atoms with van der Waals surface area (Å²) in [5.74, 6) is -0.762. The highest BCUT2D eigenvalue weighted by Crippen LogP contribution is 2.26. The SMILES string of the molecule is N#Cc1ccc(NC(=O)C2CCCN(S(=O)(=O)c3ccc(Cl)cc3)C2)cc1Cl. The molecule has 1 amide bonds. The Morgan fingerprint density at radius 3 is 2.54 bits per heavy atom. The Labute approximate surface area is 173 Å². The molecule has 0 radical (unpaired) electrons. The number of nitrogens with one attached hydrogen (secondary N) is 1. The van der Waals surface area contributed by atoms with Gasteiger partial charge in [0.05, 0.1) is 21.4 Å². The van der Waals surface area contributed by atoms with Gasteiger partial charge in [-0.05, 0) is 55.3 Å². The maximum atomic E-state index is 12.8. The minimum absolute atomic E-state index is 0.0980. The third-order valence-corrected chi connectivity index (χ3v) is 7.01. The van der Waals surface area contributed by atoms with Gasteiger partial charge in [0.1, 0.15) is 6.07 Å². The van der Waals surface area contributed by atoms with Crippen LogP contribution in [0.2, 0.25) is 10.0 Å². The van der Waals surface area contributed by atoms with E-state index in [9.17, 15) is 13.2 Å². The van der Waals surface area contributed by atoms with Crippen molar-refractivity contribution in [3.8, 4) is 6.07 Å². The molecular weight excluding hydrogens is 421 g/mol. The van der Waals surface area contributed by atoms with Gasteiger partial charge in [-0.25, -0.2) is 8.42 Å². The maximum Gasteiger partial charge on any atom is 0.243 e. The smallest absolute Gasteiger partial charge is 0.243 e. The van der Waals surface area contributed by atoms with Crippen LogP contribution in [0.1, 0.15) is 18.4 Å². The molecule has 0 saturated carbocycles. The van der Waals surface area contributed by atoms with Crippen molar-refractivity contribution in [3.05, 3.63) is 58.1 Å². The summed E-state index contributed by atoms with van der Waals surface area (Å²) in [5, 5.41) is 12.4. The number of benzene rings is 2. The number of hydrogen-bond donors (Lipinski definition) is 1. The molecule has 1 fully saturated rings. The minimum Gasteiger partial charge on any atom is -0.326 e. The molecule has 6 nitrogen and oxygen atoms in total. The van der Waals surface area contributed by atoms with Crippen LogP contribution < -0.4 is 5.32 Å². The van der Waals surface area contributed by atoms with E-state index in [1.54, 1.807) is 6.07 Å². The summed E-state index contributed by atoms with van der Waals surface area (Å²) >= 11 is 11.8. The molecule has 9 heteroatoms. The Balaban J connectivity index is 1.72. The Kier molecular flexibility index (Phi) is 6.26. The van der Waals surface area contributed by atoms with Crippen molar-refractivity contribution in [2.75, 3.05) is 18.4 Å². The number of hydrogen-bond acceptors (Lipinski definition) is 4. The van der Waals surface area contributed by atoms with Crippen molar-refractivity contribution < 1.29 is 13.2 Å². The molecule has 0 aromatic heterocycles. The van der Waals surface area contributed by atoms with E-state index in [-0.39, 0.29) is 22.4 Å². The highest BCUT2D eigenvalue weighted by molar-refractivity contribution is 7.89. The third kappa shape index (κ3) is 4.47. The second-order valence-electron chi connectivity index (χ2n) is 6.45. The molecule has 1 unspecified atom stereocenters. The quantitative estimate of drug-likeness (QED) is 0.784. The van der Waals surface area contributed by atoms with Crippen LogP contribution in [0.15, 0.2) is 47.4 Å². The van der Waals surface area contributed by atoms with Crippen molar-refractivity contribution in [2.45, 2.75) is 17.7 Å². The van der Waals surface area contributed by atoms with Crippen LogP contribution in [0.3, 0.4) is 0 Å². The van der Waals surface area contributed by atoms with E-state index >= 15 is 0 Å². The predicted octanol–water partition coefficient (Wildman–Crippen LogP) is 3.90. The molecule has 146 valence electrons. The van der Waals surface area contributed by atoms with Gasteiger partial charge < -0.3 is 5.32 Å². The van der Waals surface area contributed by atoms with Gasteiger partial charge in [-0.1, -0.05) is 23.2 Å².